The largest absolute Gasteiger partial charge is 0.466 e. The van der Waals surface area contributed by atoms with Crippen LogP contribution < -0.4 is 11.2 Å². The molecule has 0 saturated carbocycles. The van der Waals surface area contributed by atoms with Crippen molar-refractivity contribution in [2.45, 2.75) is 33.2 Å². The van der Waals surface area contributed by atoms with Gasteiger partial charge in [-0.3, -0.25) is 19.0 Å². The van der Waals surface area contributed by atoms with Gasteiger partial charge in [-0.15, -0.1) is 11.3 Å². The van der Waals surface area contributed by atoms with Crippen LogP contribution in [-0.2, 0) is 20.9 Å². The zero-order chi connectivity index (χ0) is 23.7. The lowest BCUT2D eigenvalue weighted by molar-refractivity contribution is -0.151. The van der Waals surface area contributed by atoms with Gasteiger partial charge in [0.1, 0.15) is 17.1 Å². The SMILES string of the molecule is CCOC(=O)C1CCN(C(=O)Cn2c(=O)n(-c3ccc(F)cc3C)c(=O)c3sccc32)CC1. The molecular weight excluding hydrogens is 449 g/mol. The number of fused-ring (bicyclic) bond motifs is 1. The van der Waals surface area contributed by atoms with Gasteiger partial charge in [0.25, 0.3) is 5.56 Å². The zero-order valence-corrected chi connectivity index (χ0v) is 19.2. The van der Waals surface area contributed by atoms with Crippen LogP contribution in [0.2, 0.25) is 0 Å². The van der Waals surface area contributed by atoms with Gasteiger partial charge in [0.2, 0.25) is 5.91 Å². The Balaban J connectivity index is 1.66. The van der Waals surface area contributed by atoms with Crippen LogP contribution in [0.3, 0.4) is 0 Å². The number of nitrogens with zero attached hydrogens (tertiary/aromatic N) is 3. The van der Waals surface area contributed by atoms with Crippen LogP contribution >= 0.6 is 11.3 Å². The van der Waals surface area contributed by atoms with Crippen LogP contribution in [0.4, 0.5) is 4.39 Å². The first kappa shape index (κ1) is 22.9. The molecule has 1 fully saturated rings. The normalized spacial score (nSPS) is 14.6. The molecule has 33 heavy (non-hydrogen) atoms. The van der Waals surface area contributed by atoms with Gasteiger partial charge in [-0.2, -0.15) is 0 Å². The van der Waals surface area contributed by atoms with E-state index in [1.165, 1.54) is 34.1 Å². The summed E-state index contributed by atoms with van der Waals surface area (Å²) in [6.07, 6.45) is 1.00. The zero-order valence-electron chi connectivity index (χ0n) is 18.4. The molecule has 10 heteroatoms. The number of esters is 1. The first-order chi connectivity index (χ1) is 15.8. The summed E-state index contributed by atoms with van der Waals surface area (Å²) in [6, 6.07) is 5.48. The van der Waals surface area contributed by atoms with E-state index < -0.39 is 17.1 Å². The average Bonchev–Trinajstić information content (AvgIpc) is 3.28. The van der Waals surface area contributed by atoms with Crippen molar-refractivity contribution in [3.8, 4) is 5.69 Å². The molecule has 4 rings (SSSR count). The first-order valence-corrected chi connectivity index (χ1v) is 11.6. The lowest BCUT2D eigenvalue weighted by Crippen LogP contribution is -2.45. The van der Waals surface area contributed by atoms with E-state index in [4.69, 9.17) is 4.74 Å². The minimum Gasteiger partial charge on any atom is -0.466 e. The molecule has 3 heterocycles. The number of benzene rings is 1. The Morgan fingerprint density at radius 3 is 2.58 bits per heavy atom. The minimum absolute atomic E-state index is 0.233. The standard InChI is InChI=1S/C23H24FN3O5S/c1-3-32-22(30)15-6-9-25(10-7-15)19(28)13-26-18-8-11-33-20(18)21(29)27(23(26)31)17-5-4-16(24)12-14(17)2/h4-5,8,11-12,15H,3,6-7,9-10,13H2,1-2H3. The lowest BCUT2D eigenvalue weighted by Gasteiger charge is -2.31. The maximum Gasteiger partial charge on any atom is 0.336 e. The molecule has 1 aliphatic heterocycles. The number of piperidine rings is 1. The van der Waals surface area contributed by atoms with E-state index in [-0.39, 0.29) is 30.0 Å². The van der Waals surface area contributed by atoms with E-state index >= 15 is 0 Å². The third-order valence-corrected chi connectivity index (χ3v) is 6.81. The summed E-state index contributed by atoms with van der Waals surface area (Å²) in [5, 5.41) is 1.69. The molecule has 0 radical (unpaired) electrons. The Hall–Kier alpha value is -3.27. The van der Waals surface area contributed by atoms with Crippen LogP contribution in [-0.4, -0.2) is 45.6 Å². The molecule has 2 aromatic heterocycles. The first-order valence-electron chi connectivity index (χ1n) is 10.8. The smallest absolute Gasteiger partial charge is 0.336 e. The maximum absolute atomic E-state index is 13.6. The molecule has 0 spiro atoms. The molecule has 0 bridgehead atoms. The molecule has 1 saturated heterocycles. The number of halogens is 1. The number of aryl methyl sites for hydroxylation is 1. The van der Waals surface area contributed by atoms with Crippen LogP contribution in [0.15, 0.2) is 39.2 Å². The van der Waals surface area contributed by atoms with Crippen LogP contribution in [0.25, 0.3) is 15.9 Å². The molecular formula is C23H24FN3O5S. The fourth-order valence-corrected chi connectivity index (χ4v) is 5.01. The highest BCUT2D eigenvalue weighted by molar-refractivity contribution is 7.17. The Labute approximate surface area is 192 Å². The summed E-state index contributed by atoms with van der Waals surface area (Å²) in [7, 11) is 0. The van der Waals surface area contributed by atoms with Gasteiger partial charge in [-0.25, -0.2) is 13.8 Å². The average molecular weight is 474 g/mol. The second-order valence-electron chi connectivity index (χ2n) is 7.98. The number of amides is 1. The van der Waals surface area contributed by atoms with Crippen molar-refractivity contribution in [2.75, 3.05) is 19.7 Å². The highest BCUT2D eigenvalue weighted by atomic mass is 32.1. The van der Waals surface area contributed by atoms with E-state index in [0.717, 1.165) is 4.57 Å². The molecule has 8 nitrogen and oxygen atoms in total. The number of rotatable bonds is 5. The minimum atomic E-state index is -0.657. The number of hydrogen-bond donors (Lipinski definition) is 0. The van der Waals surface area contributed by atoms with Crippen LogP contribution in [0, 0.1) is 18.7 Å². The molecule has 3 aromatic rings. The summed E-state index contributed by atoms with van der Waals surface area (Å²) < 4.78 is 21.3. The summed E-state index contributed by atoms with van der Waals surface area (Å²) in [5.74, 6) is -1.22. The van der Waals surface area contributed by atoms with Crippen molar-refractivity contribution in [1.82, 2.24) is 14.0 Å². The van der Waals surface area contributed by atoms with Gasteiger partial charge in [-0.05, 0) is 61.9 Å². The molecule has 1 aromatic carbocycles. The number of thiophene rings is 1. The van der Waals surface area contributed by atoms with Gasteiger partial charge in [-0.1, -0.05) is 0 Å². The van der Waals surface area contributed by atoms with Gasteiger partial charge < -0.3 is 9.64 Å². The Bertz CT molecular complexity index is 1330. The molecule has 0 atom stereocenters. The van der Waals surface area contributed by atoms with Gasteiger partial charge in [0.05, 0.1) is 23.7 Å². The molecule has 174 valence electrons. The molecule has 0 N–H and O–H groups in total. The molecule has 0 aliphatic carbocycles. The molecule has 0 unspecified atom stereocenters. The van der Waals surface area contributed by atoms with E-state index in [1.807, 2.05) is 0 Å². The topological polar surface area (TPSA) is 90.6 Å². The van der Waals surface area contributed by atoms with Crippen molar-refractivity contribution >= 4 is 33.4 Å². The maximum atomic E-state index is 13.6. The Morgan fingerprint density at radius 1 is 1.18 bits per heavy atom. The summed E-state index contributed by atoms with van der Waals surface area (Å²) >= 11 is 1.18. The predicted octanol–water partition coefficient (Wildman–Crippen LogP) is 2.46. The predicted molar refractivity (Wildman–Crippen MR) is 122 cm³/mol. The van der Waals surface area contributed by atoms with Crippen LogP contribution in [0.1, 0.15) is 25.3 Å². The number of aromatic nitrogens is 2. The quantitative estimate of drug-likeness (QED) is 0.531. The number of hydrogen-bond acceptors (Lipinski definition) is 6. The van der Waals surface area contributed by atoms with E-state index in [2.05, 4.69) is 0 Å². The fourth-order valence-electron chi connectivity index (χ4n) is 4.18. The Morgan fingerprint density at radius 2 is 1.91 bits per heavy atom. The number of carbonyl (C=O) groups is 2. The lowest BCUT2D eigenvalue weighted by atomic mass is 9.97. The summed E-state index contributed by atoms with van der Waals surface area (Å²) in [6.45, 7) is 4.23. The van der Waals surface area contributed by atoms with E-state index in [0.29, 0.717) is 48.3 Å². The van der Waals surface area contributed by atoms with Crippen molar-refractivity contribution in [1.29, 1.82) is 0 Å². The van der Waals surface area contributed by atoms with Crippen molar-refractivity contribution in [2.24, 2.45) is 5.92 Å². The van der Waals surface area contributed by atoms with Gasteiger partial charge >= 0.3 is 11.7 Å². The Kier molecular flexibility index (Phi) is 6.46. The summed E-state index contributed by atoms with van der Waals surface area (Å²) in [5.41, 5.74) is -0.0584. The van der Waals surface area contributed by atoms with Crippen LogP contribution in [0.5, 0.6) is 0 Å². The third kappa shape index (κ3) is 4.35. The van der Waals surface area contributed by atoms with Crippen molar-refractivity contribution in [3.05, 3.63) is 61.9 Å². The van der Waals surface area contributed by atoms with Crippen molar-refractivity contribution in [3.63, 3.8) is 0 Å². The van der Waals surface area contributed by atoms with Gasteiger partial charge in [0.15, 0.2) is 0 Å². The monoisotopic (exact) mass is 473 g/mol. The molecule has 1 amide bonds. The van der Waals surface area contributed by atoms with Crippen molar-refractivity contribution < 1.29 is 18.7 Å². The summed E-state index contributed by atoms with van der Waals surface area (Å²) in [4.78, 5) is 53.1. The fraction of sp³-hybridized carbons (Fsp3) is 0.391. The van der Waals surface area contributed by atoms with Gasteiger partial charge in [0, 0.05) is 13.1 Å². The number of ether oxygens (including phenoxy) is 1. The number of carbonyl (C=O) groups excluding carboxylic acids is 2. The third-order valence-electron chi connectivity index (χ3n) is 5.92. The number of likely N-dealkylation sites (tertiary alicyclic amines) is 1. The van der Waals surface area contributed by atoms with E-state index in [9.17, 15) is 23.6 Å². The second-order valence-corrected chi connectivity index (χ2v) is 8.90. The molecule has 1 aliphatic rings. The highest BCUT2D eigenvalue weighted by Gasteiger charge is 2.29. The van der Waals surface area contributed by atoms with E-state index in [1.54, 1.807) is 30.2 Å². The second kappa shape index (κ2) is 9.30. The highest BCUT2D eigenvalue weighted by Crippen LogP contribution is 2.21.